The highest BCUT2D eigenvalue weighted by Crippen LogP contribution is 2.27. The maximum absolute atomic E-state index is 12.6. The van der Waals surface area contributed by atoms with Crippen molar-refractivity contribution in [3.8, 4) is 5.75 Å². The minimum Gasteiger partial charge on any atom is -0.433 e. The van der Waals surface area contributed by atoms with Crippen LogP contribution in [-0.4, -0.2) is 47.7 Å². The molecular weight excluding hydrogens is 368 g/mol. The van der Waals surface area contributed by atoms with E-state index in [4.69, 9.17) is 12.2 Å². The average molecular weight is 391 g/mol. The molecule has 27 heavy (non-hydrogen) atoms. The number of alkyl halides is 2. The van der Waals surface area contributed by atoms with Crippen LogP contribution in [0.15, 0.2) is 48.5 Å². The van der Waals surface area contributed by atoms with E-state index in [-0.39, 0.29) is 5.75 Å². The topological polar surface area (TPSA) is 27.7 Å². The summed E-state index contributed by atoms with van der Waals surface area (Å²) >= 11 is 5.49. The van der Waals surface area contributed by atoms with Gasteiger partial charge < -0.3 is 15.0 Å². The smallest absolute Gasteiger partial charge is 0.387 e. The molecular formula is C20H23F2N3OS. The van der Waals surface area contributed by atoms with E-state index in [9.17, 15) is 8.78 Å². The van der Waals surface area contributed by atoms with Gasteiger partial charge in [0.25, 0.3) is 0 Å². The Morgan fingerprint density at radius 1 is 1.11 bits per heavy atom. The number of hydrogen-bond donors (Lipinski definition) is 1. The lowest BCUT2D eigenvalue weighted by Gasteiger charge is -2.36. The van der Waals surface area contributed by atoms with E-state index < -0.39 is 6.61 Å². The van der Waals surface area contributed by atoms with Gasteiger partial charge in [0.1, 0.15) is 5.75 Å². The van der Waals surface area contributed by atoms with Gasteiger partial charge in [0.2, 0.25) is 0 Å². The minimum atomic E-state index is -2.87. The maximum atomic E-state index is 12.6. The van der Waals surface area contributed by atoms with E-state index in [1.54, 1.807) is 12.1 Å². The first-order valence-corrected chi connectivity index (χ1v) is 9.30. The molecule has 0 radical (unpaired) electrons. The van der Waals surface area contributed by atoms with E-state index in [1.165, 1.54) is 11.6 Å². The predicted molar refractivity (Wildman–Crippen MR) is 107 cm³/mol. The van der Waals surface area contributed by atoms with Crippen molar-refractivity contribution in [3.63, 3.8) is 0 Å². The molecule has 0 spiro atoms. The molecule has 2 aromatic carbocycles. The number of thiocarbonyl (C=S) groups is 1. The second-order valence-electron chi connectivity index (χ2n) is 6.56. The van der Waals surface area contributed by atoms with E-state index in [0.717, 1.165) is 38.3 Å². The fourth-order valence-corrected chi connectivity index (χ4v) is 3.38. The number of rotatable bonds is 5. The van der Waals surface area contributed by atoms with Crippen molar-refractivity contribution in [3.05, 3.63) is 59.7 Å². The van der Waals surface area contributed by atoms with Crippen molar-refractivity contribution in [1.29, 1.82) is 0 Å². The van der Waals surface area contributed by atoms with Gasteiger partial charge >= 0.3 is 6.61 Å². The van der Waals surface area contributed by atoms with Gasteiger partial charge in [-0.2, -0.15) is 8.78 Å². The first kappa shape index (κ1) is 19.5. The van der Waals surface area contributed by atoms with Crippen LogP contribution in [0.25, 0.3) is 0 Å². The van der Waals surface area contributed by atoms with Crippen LogP contribution in [0.1, 0.15) is 11.1 Å². The molecule has 1 heterocycles. The van der Waals surface area contributed by atoms with Crippen molar-refractivity contribution in [1.82, 2.24) is 9.80 Å². The molecule has 4 nitrogen and oxygen atoms in total. The molecule has 2 aromatic rings. The first-order chi connectivity index (χ1) is 13.0. The molecule has 1 saturated heterocycles. The van der Waals surface area contributed by atoms with Gasteiger partial charge in [-0.05, 0) is 42.4 Å². The molecule has 3 rings (SSSR count). The van der Waals surface area contributed by atoms with Crippen LogP contribution in [0.4, 0.5) is 14.5 Å². The molecule has 1 aliphatic heterocycles. The number of anilines is 1. The summed E-state index contributed by atoms with van der Waals surface area (Å²) in [5, 5.41) is 3.60. The molecule has 0 unspecified atom stereocenters. The summed E-state index contributed by atoms with van der Waals surface area (Å²) in [6.07, 6.45) is 0. The van der Waals surface area contributed by atoms with E-state index in [1.807, 2.05) is 25.1 Å². The van der Waals surface area contributed by atoms with Crippen LogP contribution < -0.4 is 10.1 Å². The SMILES string of the molecule is Cc1ccc(OC(F)F)c(NC(=S)N2CCN(Cc3ccccc3)CC2)c1. The zero-order valence-corrected chi connectivity index (χ0v) is 16.0. The Morgan fingerprint density at radius 2 is 1.81 bits per heavy atom. The fourth-order valence-electron chi connectivity index (χ4n) is 3.09. The van der Waals surface area contributed by atoms with Gasteiger partial charge in [-0.15, -0.1) is 0 Å². The minimum absolute atomic E-state index is 0.0978. The Balaban J connectivity index is 1.56. The predicted octanol–water partition coefficient (Wildman–Crippen LogP) is 4.11. The third-order valence-electron chi connectivity index (χ3n) is 4.50. The van der Waals surface area contributed by atoms with Crippen LogP contribution in [-0.2, 0) is 6.54 Å². The Kier molecular flexibility index (Phi) is 6.58. The lowest BCUT2D eigenvalue weighted by atomic mass is 10.2. The Hall–Kier alpha value is -2.25. The zero-order valence-electron chi connectivity index (χ0n) is 15.2. The van der Waals surface area contributed by atoms with E-state index >= 15 is 0 Å². The third kappa shape index (κ3) is 5.61. The normalized spacial score (nSPS) is 15.0. The van der Waals surface area contributed by atoms with Crippen LogP contribution in [0.2, 0.25) is 0 Å². The van der Waals surface area contributed by atoms with Crippen molar-refractivity contribution < 1.29 is 13.5 Å². The fraction of sp³-hybridized carbons (Fsp3) is 0.350. The molecule has 1 fully saturated rings. The summed E-state index contributed by atoms with van der Waals surface area (Å²) in [5.41, 5.74) is 2.70. The number of benzene rings is 2. The zero-order chi connectivity index (χ0) is 19.2. The molecule has 144 valence electrons. The molecule has 7 heteroatoms. The van der Waals surface area contributed by atoms with Crippen molar-refractivity contribution in [2.24, 2.45) is 0 Å². The summed E-state index contributed by atoms with van der Waals surface area (Å²) in [6.45, 7) is 3.30. The van der Waals surface area contributed by atoms with Crippen molar-refractivity contribution in [2.45, 2.75) is 20.1 Å². The monoisotopic (exact) mass is 391 g/mol. The summed E-state index contributed by atoms with van der Waals surface area (Å²) in [7, 11) is 0. The Bertz CT molecular complexity index is 765. The van der Waals surface area contributed by atoms with Crippen LogP contribution in [0.5, 0.6) is 5.75 Å². The lowest BCUT2D eigenvalue weighted by molar-refractivity contribution is -0.0493. The maximum Gasteiger partial charge on any atom is 0.387 e. The van der Waals surface area contributed by atoms with E-state index in [2.05, 4.69) is 32.0 Å². The molecule has 0 saturated carbocycles. The van der Waals surface area contributed by atoms with Gasteiger partial charge in [0, 0.05) is 32.7 Å². The highest BCUT2D eigenvalue weighted by Gasteiger charge is 2.20. The van der Waals surface area contributed by atoms with Crippen LogP contribution in [0.3, 0.4) is 0 Å². The summed E-state index contributed by atoms with van der Waals surface area (Å²) in [6, 6.07) is 15.4. The summed E-state index contributed by atoms with van der Waals surface area (Å²) in [4.78, 5) is 4.44. The van der Waals surface area contributed by atoms with Gasteiger partial charge in [0.05, 0.1) is 5.69 Å². The van der Waals surface area contributed by atoms with Gasteiger partial charge in [-0.3, -0.25) is 4.90 Å². The lowest BCUT2D eigenvalue weighted by Crippen LogP contribution is -2.49. The van der Waals surface area contributed by atoms with Crippen molar-refractivity contribution >= 4 is 23.0 Å². The summed E-state index contributed by atoms with van der Waals surface area (Å²) < 4.78 is 29.8. The highest BCUT2D eigenvalue weighted by atomic mass is 32.1. The molecule has 0 atom stereocenters. The Labute approximate surface area is 163 Å². The summed E-state index contributed by atoms with van der Waals surface area (Å²) in [5.74, 6) is 0.0978. The molecule has 0 aliphatic carbocycles. The molecule has 0 aromatic heterocycles. The number of nitrogens with one attached hydrogen (secondary N) is 1. The highest BCUT2D eigenvalue weighted by molar-refractivity contribution is 7.80. The number of aryl methyl sites for hydroxylation is 1. The molecule has 0 bridgehead atoms. The molecule has 1 aliphatic rings. The largest absolute Gasteiger partial charge is 0.433 e. The third-order valence-corrected chi connectivity index (χ3v) is 4.86. The quantitative estimate of drug-likeness (QED) is 0.775. The molecule has 1 N–H and O–H groups in total. The Morgan fingerprint density at radius 3 is 2.48 bits per heavy atom. The number of ether oxygens (including phenoxy) is 1. The number of halogens is 2. The second-order valence-corrected chi connectivity index (χ2v) is 6.94. The van der Waals surface area contributed by atoms with Crippen LogP contribution in [0, 0.1) is 6.92 Å². The first-order valence-electron chi connectivity index (χ1n) is 8.89. The number of nitrogens with zero attached hydrogens (tertiary/aromatic N) is 2. The van der Waals surface area contributed by atoms with Gasteiger partial charge in [-0.1, -0.05) is 36.4 Å². The van der Waals surface area contributed by atoms with E-state index in [0.29, 0.717) is 10.8 Å². The van der Waals surface area contributed by atoms with Gasteiger partial charge in [0.15, 0.2) is 5.11 Å². The number of piperazine rings is 1. The molecule has 0 amide bonds. The van der Waals surface area contributed by atoms with Gasteiger partial charge in [-0.25, -0.2) is 0 Å². The second kappa shape index (κ2) is 9.10. The number of hydrogen-bond acceptors (Lipinski definition) is 3. The average Bonchev–Trinajstić information content (AvgIpc) is 2.65. The van der Waals surface area contributed by atoms with Crippen molar-refractivity contribution in [2.75, 3.05) is 31.5 Å². The van der Waals surface area contributed by atoms with Crippen LogP contribution >= 0.6 is 12.2 Å². The standard InChI is InChI=1S/C20H23F2N3OS/c1-15-7-8-18(26-19(21)22)17(13-15)23-20(27)25-11-9-24(10-12-25)14-16-5-3-2-4-6-16/h2-8,13,19H,9-12,14H2,1H3,(H,23,27).